The fourth-order valence-electron chi connectivity index (χ4n) is 21.6. The Labute approximate surface area is 710 Å². The highest BCUT2D eigenvalue weighted by Crippen LogP contribution is 2.56. The summed E-state index contributed by atoms with van der Waals surface area (Å²) < 4.78 is 11.9. The first-order valence-corrected chi connectivity index (χ1v) is 42.6. The minimum absolute atomic E-state index is 0.148. The van der Waals surface area contributed by atoms with Gasteiger partial charge in [0.2, 0.25) is 0 Å². The van der Waals surface area contributed by atoms with Gasteiger partial charge < -0.3 is 13.7 Å². The maximum Gasteiger partial charge on any atom is 0.140 e. The zero-order chi connectivity index (χ0) is 81.6. The van der Waals surface area contributed by atoms with E-state index in [-0.39, 0.29) is 5.41 Å². The van der Waals surface area contributed by atoms with E-state index in [0.29, 0.717) is 0 Å². The van der Waals surface area contributed by atoms with Crippen molar-refractivity contribution in [2.24, 2.45) is 0 Å². The molecule has 9 heterocycles. The van der Waals surface area contributed by atoms with Crippen molar-refractivity contribution in [3.63, 3.8) is 0 Å². The fourth-order valence-corrected chi connectivity index (χ4v) is 21.6. The lowest BCUT2D eigenvalue weighted by Crippen LogP contribution is -2.16. The number of hydrogen-bond acceptors (Lipinski definition) is 4. The van der Waals surface area contributed by atoms with E-state index in [1.54, 1.807) is 0 Å². The number of pyridine rings is 4. The van der Waals surface area contributed by atoms with Gasteiger partial charge in [0.15, 0.2) is 0 Å². The van der Waals surface area contributed by atoms with Crippen LogP contribution in [0.4, 0.5) is 0 Å². The van der Waals surface area contributed by atoms with Crippen LogP contribution in [0.2, 0.25) is 0 Å². The molecule has 0 saturated carbocycles. The molecule has 0 spiro atoms. The molecule has 0 bridgehead atoms. The lowest BCUT2D eigenvalue weighted by atomic mass is 9.80. The average molecular weight is 1580 g/mol. The van der Waals surface area contributed by atoms with Crippen LogP contribution in [0.25, 0.3) is 235 Å². The van der Waals surface area contributed by atoms with Crippen molar-refractivity contribution in [2.45, 2.75) is 19.3 Å². The standard InChI is InChI=1S/C41H25N3.C40H24N4.C34H24N2/c1-2-14-29-26(11-1)22-23-37-38(29)32-17-5-7-20-35(32)43(37)27-12-9-13-28(25-27)44-36-21-8-6-18-33(36)39-30-15-3-4-16-31(30)40-34(41(39)44)19-10-24-42-40;1-2-12-26-25(11-1)22-23-34-37(26)29-15-5-7-18-32(29)43(34)35-20-9-21-36(42-35)44-33-19-8-6-16-30(33)38-27-13-3-4-14-28(27)39-31(40(38)44)17-10-24-41-39;1-34(2)28-20-21(36-29-15-7-5-10-22(29)23-11-6-8-16-30(23)36)17-18-26(28)31-24-12-3-4-13-25(24)33-27(32(31)34)14-9-19-35-33/h1-25H;1-24H;3-20H,1-2H3. The summed E-state index contributed by atoms with van der Waals surface area (Å²) in [5.41, 5.74) is 23.7. The van der Waals surface area contributed by atoms with Crippen LogP contribution < -0.4 is 0 Å². The first-order chi connectivity index (χ1) is 61.4. The van der Waals surface area contributed by atoms with Gasteiger partial charge in [-0.15, -0.1) is 0 Å². The zero-order valence-corrected chi connectivity index (χ0v) is 67.7. The zero-order valence-electron chi connectivity index (χ0n) is 67.7. The van der Waals surface area contributed by atoms with Gasteiger partial charge in [-0.2, -0.15) is 0 Å². The van der Waals surface area contributed by atoms with Gasteiger partial charge in [0, 0.05) is 127 Å². The molecule has 578 valence electrons. The monoisotopic (exact) mass is 1580 g/mol. The Kier molecular flexibility index (Phi) is 15.1. The molecule has 9 heteroatoms. The van der Waals surface area contributed by atoms with E-state index in [0.717, 1.165) is 77.8 Å². The third-order valence-electron chi connectivity index (χ3n) is 26.6. The summed E-state index contributed by atoms with van der Waals surface area (Å²) in [6.07, 6.45) is 5.70. The lowest BCUT2D eigenvalue weighted by molar-refractivity contribution is 0.666. The number of benzene rings is 18. The Bertz CT molecular complexity index is 8830. The first-order valence-electron chi connectivity index (χ1n) is 42.6. The topological polar surface area (TPSA) is 76.2 Å². The van der Waals surface area contributed by atoms with E-state index in [2.05, 4.69) is 419 Å². The Morgan fingerprint density at radius 3 is 1.10 bits per heavy atom. The molecule has 0 N–H and O–H groups in total. The molecule has 0 saturated heterocycles. The molecule has 0 amide bonds. The Morgan fingerprint density at radius 1 is 0.218 bits per heavy atom. The van der Waals surface area contributed by atoms with E-state index in [4.69, 9.17) is 19.9 Å². The molecule has 0 aliphatic heterocycles. The SMILES string of the molecule is CC1(C)c2cc(-n3c4ccccc4c4ccccc43)ccc2-c2c1c1cccnc1c1ccccc21.c1cc(-n2c3ccccc3c3c4ccccc4ccc32)cc(-n2c3ccccc3c3c4ccccc4c4ncccc4c32)c1.c1cc(-n2c3ccccc3c3c4ccccc4ccc32)nc(-n2c3ccccc3c3c4ccccc4c4ncccc4c32)c1. The van der Waals surface area contributed by atoms with Crippen LogP contribution in [0.3, 0.4) is 0 Å². The number of hydrogen-bond donors (Lipinski definition) is 0. The average Bonchev–Trinajstić information content (AvgIpc) is 1.54. The highest BCUT2D eigenvalue weighted by molar-refractivity contribution is 6.33. The van der Waals surface area contributed by atoms with Crippen LogP contribution in [-0.4, -0.2) is 42.8 Å². The molecule has 27 aromatic rings. The summed E-state index contributed by atoms with van der Waals surface area (Å²) in [6.45, 7) is 4.74. The predicted molar refractivity (Wildman–Crippen MR) is 520 cm³/mol. The molecule has 124 heavy (non-hydrogen) atoms. The molecule has 9 nitrogen and oxygen atoms in total. The van der Waals surface area contributed by atoms with Gasteiger partial charge in [-0.05, 0) is 181 Å². The molecule has 1 aliphatic rings. The maximum atomic E-state index is 5.43. The first kappa shape index (κ1) is 69.6. The van der Waals surface area contributed by atoms with Crippen molar-refractivity contribution in [3.05, 3.63) is 418 Å². The van der Waals surface area contributed by atoms with Crippen molar-refractivity contribution in [1.29, 1.82) is 0 Å². The van der Waals surface area contributed by atoms with Crippen LogP contribution in [0.1, 0.15) is 25.0 Å². The van der Waals surface area contributed by atoms with Crippen molar-refractivity contribution >= 4 is 196 Å². The van der Waals surface area contributed by atoms with Gasteiger partial charge in [-0.3, -0.25) is 24.1 Å². The highest BCUT2D eigenvalue weighted by atomic mass is 15.1. The minimum Gasteiger partial charge on any atom is -0.309 e. The normalized spacial score (nSPS) is 12.7. The van der Waals surface area contributed by atoms with Gasteiger partial charge in [-0.25, -0.2) is 4.98 Å². The van der Waals surface area contributed by atoms with Crippen molar-refractivity contribution in [3.8, 4) is 39.8 Å². The Balaban J connectivity index is 0.000000100. The van der Waals surface area contributed by atoms with Crippen LogP contribution in [0.15, 0.2) is 407 Å². The minimum atomic E-state index is -0.148. The highest BCUT2D eigenvalue weighted by Gasteiger charge is 2.39. The van der Waals surface area contributed by atoms with Crippen molar-refractivity contribution in [1.82, 2.24) is 42.8 Å². The molecule has 9 aromatic heterocycles. The molecule has 18 aromatic carbocycles. The molecule has 28 rings (SSSR count). The van der Waals surface area contributed by atoms with E-state index >= 15 is 0 Å². The lowest BCUT2D eigenvalue weighted by Gasteiger charge is -2.24. The number of fused-ring (bicyclic) bond motifs is 37. The van der Waals surface area contributed by atoms with Gasteiger partial charge >= 0.3 is 0 Å². The van der Waals surface area contributed by atoms with Crippen LogP contribution in [0.5, 0.6) is 0 Å². The van der Waals surface area contributed by atoms with Crippen molar-refractivity contribution < 1.29 is 0 Å². The Morgan fingerprint density at radius 2 is 0.565 bits per heavy atom. The molecule has 1 aliphatic carbocycles. The summed E-state index contributed by atoms with van der Waals surface area (Å²) in [5, 5.41) is 28.4. The predicted octanol–water partition coefficient (Wildman–Crippen LogP) is 29.7. The van der Waals surface area contributed by atoms with E-state index in [1.807, 2.05) is 24.7 Å². The quantitative estimate of drug-likeness (QED) is 0.161. The second-order valence-electron chi connectivity index (χ2n) is 33.4. The molecule has 0 radical (unpaired) electrons. The number of nitrogens with zero attached hydrogens (tertiary/aromatic N) is 9. The summed E-state index contributed by atoms with van der Waals surface area (Å²) in [5.74, 6) is 1.76. The third kappa shape index (κ3) is 9.97. The van der Waals surface area contributed by atoms with Crippen LogP contribution >= 0.6 is 0 Å². The molecule has 0 unspecified atom stereocenters. The second-order valence-corrected chi connectivity index (χ2v) is 33.4. The summed E-state index contributed by atoms with van der Waals surface area (Å²) in [4.78, 5) is 20.0. The van der Waals surface area contributed by atoms with Gasteiger partial charge in [0.05, 0.1) is 71.7 Å². The smallest absolute Gasteiger partial charge is 0.140 e. The number of para-hydroxylation sites is 6. The molecular formula is C115H73N9. The molecule has 0 atom stereocenters. The summed E-state index contributed by atoms with van der Waals surface area (Å²) in [6, 6.07) is 140. The third-order valence-corrected chi connectivity index (χ3v) is 26.6. The molecular weight excluding hydrogens is 1510 g/mol. The van der Waals surface area contributed by atoms with Gasteiger partial charge in [0.1, 0.15) is 11.6 Å². The van der Waals surface area contributed by atoms with E-state index < -0.39 is 0 Å². The maximum absolute atomic E-state index is 5.43. The van der Waals surface area contributed by atoms with Gasteiger partial charge in [-0.1, -0.05) is 281 Å². The van der Waals surface area contributed by atoms with E-state index in [9.17, 15) is 0 Å². The fraction of sp³-hybridized carbons (Fsp3) is 0.0261. The Hall–Kier alpha value is -16.4. The van der Waals surface area contributed by atoms with Crippen LogP contribution in [0, 0.1) is 0 Å². The van der Waals surface area contributed by atoms with E-state index in [1.165, 1.54) is 169 Å². The second kappa shape index (κ2) is 26.8. The summed E-state index contributed by atoms with van der Waals surface area (Å²) >= 11 is 0. The van der Waals surface area contributed by atoms with Crippen molar-refractivity contribution in [2.75, 3.05) is 0 Å². The van der Waals surface area contributed by atoms with Gasteiger partial charge in [0.25, 0.3) is 0 Å². The summed E-state index contributed by atoms with van der Waals surface area (Å²) in [7, 11) is 0. The number of rotatable bonds is 5. The molecule has 0 fully saturated rings. The largest absolute Gasteiger partial charge is 0.309 e. The van der Waals surface area contributed by atoms with Crippen LogP contribution in [-0.2, 0) is 5.41 Å². The number of aromatic nitrogens is 9.